The number of carbonyl (C=O) groups is 3. The summed E-state index contributed by atoms with van der Waals surface area (Å²) < 4.78 is 14.6. The van der Waals surface area contributed by atoms with Crippen molar-refractivity contribution in [3.05, 3.63) is 71.5 Å². The predicted octanol–water partition coefficient (Wildman–Crippen LogP) is 6.77. The van der Waals surface area contributed by atoms with Crippen LogP contribution in [0.4, 0.5) is 0 Å². The molecule has 0 spiro atoms. The Balaban J connectivity index is 1.53. The lowest BCUT2D eigenvalue weighted by Gasteiger charge is -2.45. The van der Waals surface area contributed by atoms with Crippen molar-refractivity contribution >= 4 is 28.6 Å². The van der Waals surface area contributed by atoms with E-state index in [1.165, 1.54) is 11.8 Å². The van der Waals surface area contributed by atoms with E-state index in [4.69, 9.17) is 9.47 Å². The Morgan fingerprint density at radius 2 is 1.84 bits per heavy atom. The number of pyridine rings is 1. The number of hydrogen-bond acceptors (Lipinski definition) is 9. The topological polar surface area (TPSA) is 158 Å². The molecule has 1 fully saturated rings. The van der Waals surface area contributed by atoms with Crippen LogP contribution in [0.15, 0.2) is 54.9 Å². The first-order chi connectivity index (χ1) is 28.8. The molecule has 4 N–H and O–H groups in total. The van der Waals surface area contributed by atoms with Gasteiger partial charge in [0.05, 0.1) is 29.9 Å². The highest BCUT2D eigenvalue weighted by molar-refractivity contribution is 5.95. The second kappa shape index (κ2) is 18.3. The fourth-order valence-electron chi connectivity index (χ4n) is 9.31. The standard InChI is InChI=1S/C48H66N6O7/c1-12-53-41-15-14-33-24-38(41)39(43(53)40-26-49-18-16-36(40)30(5)60-11)25-47(7,8)27-61-46(59)48(9)17-13-19-54(51-48)45(58)37(22-32-20-34(33)23-35(56)21-32)29(4)50-44(57)42(28(2)3)52(10)31(6)55/h14-16,18,20-21,23-24,26,28-30,37,42,46,51,56,59H,12-13,17,19,22,25,27H2,1-11H3,(H,50,57)/t29?,30-,37+,42-,46-,48+/m0/s1. The number of ether oxygens (including phenoxy) is 2. The zero-order valence-electron chi connectivity index (χ0n) is 37.8. The van der Waals surface area contributed by atoms with Gasteiger partial charge < -0.3 is 34.5 Å². The minimum Gasteiger partial charge on any atom is -0.508 e. The van der Waals surface area contributed by atoms with Gasteiger partial charge in [-0.25, -0.2) is 5.43 Å². The van der Waals surface area contributed by atoms with Crippen LogP contribution in [0.3, 0.4) is 0 Å². The van der Waals surface area contributed by atoms with E-state index in [1.54, 1.807) is 44.4 Å². The SMILES string of the molecule is CCn1c(-c2cnccc2[C@H](C)OC)c2c3cc(ccc31)-c1cc(O)cc(c1)C[C@H](C(C)NC(=O)[C@H](C(C)C)N(C)C(C)=O)C(=O)N1CCC[C@@](C)(N1)[C@@H](O)OCC(C)(C)C2. The number of aliphatic hydroxyl groups excluding tert-OH is 1. The third kappa shape index (κ3) is 9.50. The van der Waals surface area contributed by atoms with Crippen LogP contribution in [0, 0.1) is 17.3 Å². The lowest BCUT2D eigenvalue weighted by Crippen LogP contribution is -2.66. The fraction of sp³-hybridized carbons (Fsp3) is 0.542. The van der Waals surface area contributed by atoms with E-state index in [2.05, 4.69) is 59.3 Å². The highest BCUT2D eigenvalue weighted by Crippen LogP contribution is 2.43. The molecule has 4 heterocycles. The largest absolute Gasteiger partial charge is 0.508 e. The summed E-state index contributed by atoms with van der Waals surface area (Å²) in [6, 6.07) is 12.4. The minimum atomic E-state index is -1.25. The van der Waals surface area contributed by atoms with Crippen molar-refractivity contribution in [3.8, 4) is 28.1 Å². The Kier molecular flexibility index (Phi) is 13.7. The van der Waals surface area contributed by atoms with Crippen molar-refractivity contribution in [1.82, 2.24) is 30.2 Å². The number of hydrogen-bond donors (Lipinski definition) is 4. The molecular weight excluding hydrogens is 773 g/mol. The number of aliphatic hydroxyl groups is 1. The van der Waals surface area contributed by atoms with Gasteiger partial charge in [-0.2, -0.15) is 0 Å². The maximum absolute atomic E-state index is 14.8. The normalized spacial score (nSPS) is 22.4. The number of carbonyl (C=O) groups excluding carboxylic acids is 3. The molecule has 1 saturated heterocycles. The van der Waals surface area contributed by atoms with Crippen LogP contribution in [0.1, 0.15) is 97.9 Å². The Labute approximate surface area is 360 Å². The molecule has 3 amide bonds. The van der Waals surface area contributed by atoms with Crippen molar-refractivity contribution in [3.63, 3.8) is 0 Å². The monoisotopic (exact) mass is 838 g/mol. The molecule has 2 aromatic heterocycles. The van der Waals surface area contributed by atoms with E-state index in [-0.39, 0.29) is 48.5 Å². The zero-order valence-corrected chi connectivity index (χ0v) is 37.8. The number of likely N-dealkylation sites (N-methyl/N-ethyl adjacent to an activating group) is 1. The number of nitrogens with zero attached hydrogens (tertiary/aromatic N) is 4. The minimum absolute atomic E-state index is 0.0542. The number of amides is 3. The van der Waals surface area contributed by atoms with Crippen molar-refractivity contribution < 1.29 is 34.1 Å². The Bertz CT molecular complexity index is 2250. The molecule has 330 valence electrons. The first-order valence-corrected chi connectivity index (χ1v) is 21.7. The third-order valence-corrected chi connectivity index (χ3v) is 12.8. The smallest absolute Gasteiger partial charge is 0.243 e. The fourth-order valence-corrected chi connectivity index (χ4v) is 9.31. The number of aromatic nitrogens is 2. The van der Waals surface area contributed by atoms with Crippen molar-refractivity contribution in [2.75, 3.05) is 27.3 Å². The Morgan fingerprint density at radius 3 is 2.51 bits per heavy atom. The van der Waals surface area contributed by atoms with Crippen molar-refractivity contribution in [1.29, 1.82) is 0 Å². The first kappa shape index (κ1) is 45.7. The van der Waals surface area contributed by atoms with Crippen LogP contribution >= 0.6 is 0 Å². The van der Waals surface area contributed by atoms with Crippen LogP contribution < -0.4 is 10.7 Å². The quantitative estimate of drug-likeness (QED) is 0.143. The molecule has 1 unspecified atom stereocenters. The lowest BCUT2D eigenvalue weighted by molar-refractivity contribution is -0.190. The molecule has 6 rings (SSSR count). The first-order valence-electron chi connectivity index (χ1n) is 21.7. The Hall–Kier alpha value is -4.82. The van der Waals surface area contributed by atoms with E-state index in [0.29, 0.717) is 37.9 Å². The van der Waals surface area contributed by atoms with Crippen LogP contribution in [-0.4, -0.2) is 98.6 Å². The van der Waals surface area contributed by atoms with Crippen molar-refractivity contribution in [2.24, 2.45) is 17.3 Å². The molecule has 13 nitrogen and oxygen atoms in total. The summed E-state index contributed by atoms with van der Waals surface area (Å²) >= 11 is 0. The number of nitrogens with one attached hydrogen (secondary N) is 2. The summed E-state index contributed by atoms with van der Waals surface area (Å²) in [7, 11) is 3.32. The van der Waals surface area contributed by atoms with Gasteiger partial charge in [-0.1, -0.05) is 39.8 Å². The predicted molar refractivity (Wildman–Crippen MR) is 237 cm³/mol. The van der Waals surface area contributed by atoms with Crippen LogP contribution in [0.5, 0.6) is 5.75 Å². The number of rotatable bonds is 9. The van der Waals surface area contributed by atoms with Gasteiger partial charge in [0.2, 0.25) is 17.7 Å². The molecule has 13 heteroatoms. The van der Waals surface area contributed by atoms with E-state index in [1.807, 2.05) is 46.0 Å². The van der Waals surface area contributed by atoms with Crippen molar-refractivity contribution in [2.45, 2.75) is 125 Å². The van der Waals surface area contributed by atoms with E-state index >= 15 is 0 Å². The molecule has 6 atom stereocenters. The summed E-state index contributed by atoms with van der Waals surface area (Å²) in [6.45, 7) is 18.6. The summed E-state index contributed by atoms with van der Waals surface area (Å²) in [5.74, 6) is -1.79. The third-order valence-electron chi connectivity index (χ3n) is 12.8. The zero-order chi connectivity index (χ0) is 44.6. The molecule has 61 heavy (non-hydrogen) atoms. The summed E-state index contributed by atoms with van der Waals surface area (Å²) in [4.78, 5) is 47.1. The molecule has 2 aliphatic heterocycles. The maximum atomic E-state index is 14.8. The van der Waals surface area contributed by atoms with E-state index in [0.717, 1.165) is 44.4 Å². The second-order valence-corrected chi connectivity index (χ2v) is 18.6. The number of aromatic hydroxyl groups is 1. The van der Waals surface area contributed by atoms with Crippen LogP contribution in [0.2, 0.25) is 0 Å². The molecule has 0 aliphatic carbocycles. The van der Waals surface area contributed by atoms with Gasteiger partial charge in [0, 0.05) is 69.1 Å². The lowest BCUT2D eigenvalue weighted by atomic mass is 9.83. The summed E-state index contributed by atoms with van der Waals surface area (Å²) in [5.41, 5.74) is 9.46. The number of methoxy groups -OCH3 is 1. The van der Waals surface area contributed by atoms with Gasteiger partial charge in [0.1, 0.15) is 11.8 Å². The number of phenols is 1. The van der Waals surface area contributed by atoms with Gasteiger partial charge >= 0.3 is 0 Å². The number of fused-ring (bicyclic) bond motifs is 6. The van der Waals surface area contributed by atoms with E-state index in [9.17, 15) is 24.6 Å². The molecule has 0 saturated carbocycles. The maximum Gasteiger partial charge on any atom is 0.243 e. The van der Waals surface area contributed by atoms with Crippen LogP contribution in [-0.2, 0) is 43.2 Å². The van der Waals surface area contributed by atoms with Gasteiger partial charge in [-0.3, -0.25) is 24.4 Å². The average Bonchev–Trinajstić information content (AvgIpc) is 3.51. The highest BCUT2D eigenvalue weighted by Gasteiger charge is 2.43. The van der Waals surface area contributed by atoms with Gasteiger partial charge in [0.25, 0.3) is 0 Å². The second-order valence-electron chi connectivity index (χ2n) is 18.6. The number of aryl methyl sites for hydroxylation is 1. The molecule has 2 aromatic carbocycles. The van der Waals surface area contributed by atoms with E-state index < -0.39 is 35.2 Å². The number of phenolic OH excluding ortho intramolecular Hbond substituents is 1. The van der Waals surface area contributed by atoms with Gasteiger partial charge in [-0.05, 0) is 123 Å². The molecule has 6 bridgehead atoms. The van der Waals surface area contributed by atoms with Gasteiger partial charge in [-0.15, -0.1) is 0 Å². The summed E-state index contributed by atoms with van der Waals surface area (Å²) in [6.07, 6.45) is 4.21. The summed E-state index contributed by atoms with van der Waals surface area (Å²) in [5, 5.41) is 28.8. The average molecular weight is 839 g/mol. The number of hydrazine groups is 1. The molecule has 4 aromatic rings. The number of benzene rings is 2. The highest BCUT2D eigenvalue weighted by atomic mass is 16.6. The Morgan fingerprint density at radius 1 is 1.10 bits per heavy atom. The van der Waals surface area contributed by atoms with Gasteiger partial charge in [0.15, 0.2) is 6.29 Å². The molecule has 0 radical (unpaired) electrons. The molecule has 2 aliphatic rings. The van der Waals surface area contributed by atoms with Crippen LogP contribution in [0.25, 0.3) is 33.3 Å². The molecular formula is C48H66N6O7.